The van der Waals surface area contributed by atoms with Gasteiger partial charge in [-0.3, -0.25) is 9.59 Å². The van der Waals surface area contributed by atoms with Crippen LogP contribution < -0.4 is 25.8 Å². The fourth-order valence-corrected chi connectivity index (χ4v) is 4.63. The summed E-state index contributed by atoms with van der Waals surface area (Å²) in [4.78, 5) is 35.8. The van der Waals surface area contributed by atoms with Crippen LogP contribution >= 0.6 is 11.6 Å². The van der Waals surface area contributed by atoms with Crippen molar-refractivity contribution >= 4 is 85.1 Å². The van der Waals surface area contributed by atoms with Crippen molar-refractivity contribution < 1.29 is 9.53 Å². The second-order valence-corrected chi connectivity index (χ2v) is 10.5. The molecule has 1 aliphatic heterocycles. The highest BCUT2D eigenvalue weighted by Crippen LogP contribution is 2.42. The number of piperidine rings is 1. The fourth-order valence-electron chi connectivity index (χ4n) is 4.49. The molecule has 190 valence electrons. The molecule has 0 aliphatic carbocycles. The van der Waals surface area contributed by atoms with Crippen molar-refractivity contribution in [2.45, 2.75) is 24.3 Å². The zero-order chi connectivity index (χ0) is 28.7. The number of anilines is 3. The number of hydrogen-bond donors (Lipinski definition) is 2. The van der Waals surface area contributed by atoms with Crippen molar-refractivity contribution in [3.8, 4) is 5.75 Å². The monoisotopic (exact) mass is 534 g/mol. The van der Waals surface area contributed by atoms with Gasteiger partial charge in [-0.1, -0.05) is 35.9 Å². The highest BCUT2D eigenvalue weighted by atomic mass is 35.5. The molecular formula is C24H24B5ClN6O3. The first-order chi connectivity index (χ1) is 18.2. The van der Waals surface area contributed by atoms with E-state index in [1.807, 2.05) is 18.7 Å². The molecule has 0 spiro atoms. The number of nitrogens with zero attached hydrogens (tertiary/aromatic N) is 4. The Balaban J connectivity index is 1.58. The summed E-state index contributed by atoms with van der Waals surface area (Å²) in [7, 11) is 30.3. The standard InChI is InChI=1S/C24H24B5ClN6O3/c1-12-9-36(10-13(2)23(12,25)26)22-31-8-16(30)20(33-22)32-15-4-5-17-14(6-15)7-18(21(38)35(17)3)39-11-19(37)34-24(27,28)29/h4-8,12-13H,9-11H2,1-3H3,(H,34,37)(H,31,32,33)/t12-,13+. The minimum Gasteiger partial charge on any atom is -0.478 e. The number of amides is 1. The summed E-state index contributed by atoms with van der Waals surface area (Å²) in [6, 6.07) is 6.89. The van der Waals surface area contributed by atoms with E-state index in [9.17, 15) is 9.59 Å². The van der Waals surface area contributed by atoms with E-state index in [1.165, 1.54) is 16.8 Å². The van der Waals surface area contributed by atoms with Gasteiger partial charge in [0.15, 0.2) is 18.2 Å². The molecular weight excluding hydrogens is 510 g/mol. The molecule has 39 heavy (non-hydrogen) atoms. The first-order valence-corrected chi connectivity index (χ1v) is 12.6. The molecule has 1 aliphatic rings. The Morgan fingerprint density at radius 2 is 1.87 bits per heavy atom. The van der Waals surface area contributed by atoms with Crippen molar-refractivity contribution in [3.63, 3.8) is 0 Å². The van der Waals surface area contributed by atoms with Crippen LogP contribution in [-0.4, -0.2) is 84.6 Å². The van der Waals surface area contributed by atoms with E-state index in [0.29, 0.717) is 46.5 Å². The normalized spacial score (nSPS) is 19.0. The molecule has 0 unspecified atom stereocenters. The average molecular weight is 534 g/mol. The molecule has 1 saturated heterocycles. The number of fused-ring (bicyclic) bond motifs is 1. The van der Waals surface area contributed by atoms with Gasteiger partial charge in [-0.25, -0.2) is 4.98 Å². The third kappa shape index (κ3) is 6.43. The van der Waals surface area contributed by atoms with E-state index < -0.39 is 28.5 Å². The van der Waals surface area contributed by atoms with Crippen LogP contribution in [0.4, 0.5) is 17.5 Å². The number of benzene rings is 1. The Morgan fingerprint density at radius 1 is 1.21 bits per heavy atom. The molecule has 1 aromatic carbocycles. The Morgan fingerprint density at radius 3 is 2.51 bits per heavy atom. The van der Waals surface area contributed by atoms with Gasteiger partial charge < -0.3 is 24.8 Å². The van der Waals surface area contributed by atoms with Crippen molar-refractivity contribution in [3.05, 3.63) is 45.8 Å². The maximum atomic E-state index is 12.7. The van der Waals surface area contributed by atoms with E-state index in [2.05, 4.69) is 20.6 Å². The minimum absolute atomic E-state index is 0.0232. The lowest BCUT2D eigenvalue weighted by Crippen LogP contribution is -2.51. The molecule has 2 atom stereocenters. The molecule has 0 saturated carbocycles. The highest BCUT2D eigenvalue weighted by Gasteiger charge is 2.38. The van der Waals surface area contributed by atoms with Crippen molar-refractivity contribution in [2.24, 2.45) is 18.9 Å². The SMILES string of the molecule is [B]C([B])([B])NC(=O)COc1cc2cc(Nc3nc(N4C[C@@H](C)C([B])([B])[C@@H](C)C4)ncc3Cl)ccc2n(C)c1=O. The van der Waals surface area contributed by atoms with Crippen LogP contribution in [0, 0.1) is 11.8 Å². The number of carbonyl (C=O) groups excluding carboxylic acids is 1. The predicted molar refractivity (Wildman–Crippen MR) is 158 cm³/mol. The molecule has 4 rings (SSSR count). The number of halogens is 1. The minimum atomic E-state index is -1.90. The molecule has 2 N–H and O–H groups in total. The van der Waals surface area contributed by atoms with Crippen molar-refractivity contribution in [1.29, 1.82) is 0 Å². The first kappa shape index (κ1) is 29.0. The fraction of sp³-hybridized carbons (Fsp3) is 0.417. The van der Waals surface area contributed by atoms with Crippen molar-refractivity contribution in [2.75, 3.05) is 29.9 Å². The van der Waals surface area contributed by atoms with Crippen LogP contribution in [0.15, 0.2) is 35.3 Å². The molecule has 1 fully saturated rings. The van der Waals surface area contributed by atoms with E-state index in [-0.39, 0.29) is 17.6 Å². The van der Waals surface area contributed by atoms with E-state index >= 15 is 0 Å². The Hall–Kier alpha value is -3.01. The molecule has 3 aromatic rings. The number of pyridine rings is 1. The third-order valence-electron chi connectivity index (χ3n) is 6.88. The Kier molecular flexibility index (Phi) is 8.08. The number of carbonyl (C=O) groups is 1. The number of aromatic nitrogens is 3. The zero-order valence-electron chi connectivity index (χ0n) is 21.9. The first-order valence-electron chi connectivity index (χ1n) is 12.2. The van der Waals surface area contributed by atoms with Crippen LogP contribution in [0.3, 0.4) is 0 Å². The van der Waals surface area contributed by atoms with E-state index in [0.717, 1.165) is 0 Å². The average Bonchev–Trinajstić information content (AvgIpc) is 2.84. The zero-order valence-corrected chi connectivity index (χ0v) is 22.7. The molecule has 1 amide bonds. The summed E-state index contributed by atoms with van der Waals surface area (Å²) >= 11 is 6.42. The molecule has 2 aromatic heterocycles. The maximum Gasteiger partial charge on any atom is 0.293 e. The van der Waals surface area contributed by atoms with Crippen LogP contribution in [-0.2, 0) is 11.8 Å². The van der Waals surface area contributed by atoms with Gasteiger partial charge in [0.25, 0.3) is 11.5 Å². The smallest absolute Gasteiger partial charge is 0.293 e. The summed E-state index contributed by atoms with van der Waals surface area (Å²) in [5.41, 5.74) is 0.868. The third-order valence-corrected chi connectivity index (χ3v) is 7.15. The number of aryl methyl sites for hydroxylation is 1. The largest absolute Gasteiger partial charge is 0.478 e. The number of ether oxygens (including phenoxy) is 1. The predicted octanol–water partition coefficient (Wildman–Crippen LogP) is 0.883. The number of hydrogen-bond acceptors (Lipinski definition) is 7. The second kappa shape index (κ2) is 10.9. The summed E-state index contributed by atoms with van der Waals surface area (Å²) in [6.45, 7) is 4.71. The van der Waals surface area contributed by atoms with Gasteiger partial charge in [0, 0.05) is 31.2 Å². The summed E-state index contributed by atoms with van der Waals surface area (Å²) < 4.78 is 6.84. The van der Waals surface area contributed by atoms with Crippen molar-refractivity contribution in [1.82, 2.24) is 19.9 Å². The summed E-state index contributed by atoms with van der Waals surface area (Å²) in [5.74, 6) is 0.233. The van der Waals surface area contributed by atoms with E-state index in [4.69, 9.17) is 55.6 Å². The lowest BCUT2D eigenvalue weighted by Gasteiger charge is -2.48. The quantitative estimate of drug-likeness (QED) is 0.435. The van der Waals surface area contributed by atoms with Gasteiger partial charge in [0.05, 0.1) is 50.9 Å². The van der Waals surface area contributed by atoms with Gasteiger partial charge in [-0.2, -0.15) is 4.98 Å². The summed E-state index contributed by atoms with van der Waals surface area (Å²) in [6.07, 6.45) is 1.54. The van der Waals surface area contributed by atoms with Crippen LogP contribution in [0.5, 0.6) is 5.75 Å². The van der Waals surface area contributed by atoms with Crippen LogP contribution in [0.25, 0.3) is 10.9 Å². The molecule has 15 heteroatoms. The van der Waals surface area contributed by atoms with Crippen LogP contribution in [0.1, 0.15) is 13.8 Å². The maximum absolute atomic E-state index is 12.7. The topological polar surface area (TPSA) is 101 Å². The molecule has 3 heterocycles. The van der Waals surface area contributed by atoms with Gasteiger partial charge >= 0.3 is 0 Å². The Bertz CT molecular complexity index is 1450. The van der Waals surface area contributed by atoms with Gasteiger partial charge in [-0.05, 0) is 36.1 Å². The number of nitrogens with one attached hydrogen (secondary N) is 2. The van der Waals surface area contributed by atoms with Gasteiger partial charge in [0.2, 0.25) is 5.95 Å². The van der Waals surface area contributed by atoms with Gasteiger partial charge in [-0.15, -0.1) is 0 Å². The van der Waals surface area contributed by atoms with E-state index in [1.54, 1.807) is 25.2 Å². The Labute approximate surface area is 238 Å². The molecule has 9 nitrogen and oxygen atoms in total. The summed E-state index contributed by atoms with van der Waals surface area (Å²) in [5, 5.41) is 3.69. The van der Waals surface area contributed by atoms with Gasteiger partial charge in [0.1, 0.15) is 5.02 Å². The lowest BCUT2D eigenvalue weighted by atomic mass is 9.42. The van der Waals surface area contributed by atoms with Crippen LogP contribution in [0.2, 0.25) is 10.2 Å². The second-order valence-electron chi connectivity index (χ2n) is 10.1. The number of rotatable bonds is 7. The lowest BCUT2D eigenvalue weighted by molar-refractivity contribution is -0.123. The molecule has 10 radical (unpaired) electrons. The molecule has 0 bridgehead atoms. The highest BCUT2D eigenvalue weighted by molar-refractivity contribution is 6.59.